The van der Waals surface area contributed by atoms with Crippen LogP contribution in [0.2, 0.25) is 0 Å². The number of fused-ring (bicyclic) bond motifs is 1. The fourth-order valence-corrected chi connectivity index (χ4v) is 5.20. The molecule has 2 fully saturated rings. The van der Waals surface area contributed by atoms with Gasteiger partial charge in [0.1, 0.15) is 24.4 Å². The first-order chi connectivity index (χ1) is 15.5. The maximum absolute atomic E-state index is 13.1. The Morgan fingerprint density at radius 2 is 1.91 bits per heavy atom. The van der Waals surface area contributed by atoms with Crippen LogP contribution in [0.25, 0.3) is 11.2 Å². The van der Waals surface area contributed by atoms with Crippen molar-refractivity contribution in [2.45, 2.75) is 60.8 Å². The smallest absolute Gasteiger partial charge is 0.167 e. The average Bonchev–Trinajstić information content (AvgIpc) is 3.47. The molecule has 1 saturated carbocycles. The Kier molecular flexibility index (Phi) is 5.99. The molecule has 5 rings (SSSR count). The molecule has 170 valence electrons. The number of nitrogens with one attached hydrogen (secondary N) is 1. The van der Waals surface area contributed by atoms with Gasteiger partial charge in [-0.15, -0.1) is 11.8 Å². The van der Waals surface area contributed by atoms with Crippen LogP contribution in [-0.2, 0) is 4.74 Å². The molecule has 6 atom stereocenters. The zero-order valence-electron chi connectivity index (χ0n) is 17.1. The monoisotopic (exact) mass is 461 g/mol. The molecule has 0 amide bonds. The summed E-state index contributed by atoms with van der Waals surface area (Å²) in [5.41, 5.74) is 0.958. The Morgan fingerprint density at radius 3 is 2.66 bits per heavy atom. The topological polar surface area (TPSA) is 126 Å². The molecular weight excluding hydrogens is 437 g/mol. The van der Waals surface area contributed by atoms with Crippen LogP contribution in [0.15, 0.2) is 41.8 Å². The van der Waals surface area contributed by atoms with Gasteiger partial charge in [0.25, 0.3) is 0 Å². The molecule has 9 nitrogen and oxygen atoms in total. The van der Waals surface area contributed by atoms with Gasteiger partial charge in [-0.25, -0.2) is 19.3 Å². The number of aromatic nitrogens is 4. The second-order valence-corrected chi connectivity index (χ2v) is 9.20. The molecular formula is C21H24FN5O4S. The normalized spacial score (nSPS) is 30.2. The van der Waals surface area contributed by atoms with Crippen molar-refractivity contribution in [3.63, 3.8) is 0 Å². The van der Waals surface area contributed by atoms with Crippen molar-refractivity contribution in [3.05, 3.63) is 42.7 Å². The second kappa shape index (κ2) is 8.91. The molecule has 3 aromatic rings. The summed E-state index contributed by atoms with van der Waals surface area (Å²) in [6, 6.07) is 5.97. The van der Waals surface area contributed by atoms with Gasteiger partial charge in [-0.3, -0.25) is 4.57 Å². The van der Waals surface area contributed by atoms with Gasteiger partial charge in [-0.2, -0.15) is 0 Å². The van der Waals surface area contributed by atoms with Crippen molar-refractivity contribution in [2.24, 2.45) is 0 Å². The lowest BCUT2D eigenvalue weighted by molar-refractivity contribution is -0.0289. The highest BCUT2D eigenvalue weighted by molar-refractivity contribution is 7.99. The number of anilines is 1. The molecule has 32 heavy (non-hydrogen) atoms. The standard InChI is InChI=1S/C21H24FN5O4S/c22-11-4-6-12(7-5-11)32-8-15-17(29)18(30)21(31-15)27-10-25-16-19(23-9-24-20(16)27)26-13-2-1-3-14(13)28/h4-7,9-10,13-15,17-18,21,28-30H,1-3,8H2,(H,23,24,26)/t13-,14-,15-,17-,18-,21-/m1/s1. The summed E-state index contributed by atoms with van der Waals surface area (Å²) in [6.45, 7) is 0. The van der Waals surface area contributed by atoms with E-state index in [0.29, 0.717) is 22.7 Å². The first kappa shape index (κ1) is 21.5. The summed E-state index contributed by atoms with van der Waals surface area (Å²) in [6.07, 6.45) is 1.23. The summed E-state index contributed by atoms with van der Waals surface area (Å²) < 4.78 is 20.7. The third kappa shape index (κ3) is 4.06. The molecule has 1 aromatic carbocycles. The number of aliphatic hydroxyl groups excluding tert-OH is 3. The number of aliphatic hydroxyl groups is 3. The number of ether oxygens (including phenoxy) is 1. The largest absolute Gasteiger partial charge is 0.391 e. The van der Waals surface area contributed by atoms with E-state index in [4.69, 9.17) is 4.74 Å². The van der Waals surface area contributed by atoms with Crippen LogP contribution < -0.4 is 5.32 Å². The van der Waals surface area contributed by atoms with Gasteiger partial charge in [-0.05, 0) is 43.5 Å². The van der Waals surface area contributed by atoms with Crippen molar-refractivity contribution >= 4 is 28.7 Å². The van der Waals surface area contributed by atoms with Crippen molar-refractivity contribution < 1.29 is 24.4 Å². The summed E-state index contributed by atoms with van der Waals surface area (Å²) >= 11 is 1.41. The quantitative estimate of drug-likeness (QED) is 0.406. The maximum atomic E-state index is 13.1. The predicted molar refractivity (Wildman–Crippen MR) is 116 cm³/mol. The van der Waals surface area contributed by atoms with Crippen molar-refractivity contribution in [3.8, 4) is 0 Å². The number of rotatable bonds is 6. The summed E-state index contributed by atoms with van der Waals surface area (Å²) in [5, 5.41) is 34.5. The highest BCUT2D eigenvalue weighted by Gasteiger charge is 2.44. The third-order valence-corrected chi connectivity index (χ3v) is 7.10. The van der Waals surface area contributed by atoms with Crippen LogP contribution in [0, 0.1) is 5.82 Å². The minimum absolute atomic E-state index is 0.0961. The fourth-order valence-electron chi connectivity index (χ4n) is 4.23. The first-order valence-electron chi connectivity index (χ1n) is 10.5. The van der Waals surface area contributed by atoms with E-state index >= 15 is 0 Å². The zero-order valence-corrected chi connectivity index (χ0v) is 17.9. The zero-order chi connectivity index (χ0) is 22.2. The minimum atomic E-state index is -1.17. The third-order valence-electron chi connectivity index (χ3n) is 6.00. The Balaban J connectivity index is 1.33. The van der Waals surface area contributed by atoms with E-state index < -0.39 is 30.6 Å². The van der Waals surface area contributed by atoms with Crippen molar-refractivity contribution in [1.29, 1.82) is 0 Å². The van der Waals surface area contributed by atoms with Gasteiger partial charge in [0, 0.05) is 10.6 Å². The van der Waals surface area contributed by atoms with Crippen LogP contribution in [-0.4, -0.2) is 71.0 Å². The van der Waals surface area contributed by atoms with Crippen LogP contribution in [0.1, 0.15) is 25.5 Å². The van der Waals surface area contributed by atoms with E-state index in [0.717, 1.165) is 24.2 Å². The first-order valence-corrected chi connectivity index (χ1v) is 11.5. The van der Waals surface area contributed by atoms with E-state index in [2.05, 4.69) is 20.3 Å². The van der Waals surface area contributed by atoms with E-state index in [1.165, 1.54) is 36.5 Å². The Labute approximate surface area is 187 Å². The number of nitrogens with zero attached hydrogens (tertiary/aromatic N) is 4. The van der Waals surface area contributed by atoms with E-state index in [-0.39, 0.29) is 11.9 Å². The molecule has 0 unspecified atom stereocenters. The predicted octanol–water partition coefficient (Wildman–Crippen LogP) is 1.70. The van der Waals surface area contributed by atoms with Gasteiger partial charge in [0.05, 0.1) is 24.6 Å². The molecule has 0 bridgehead atoms. The van der Waals surface area contributed by atoms with Gasteiger partial charge in [0.15, 0.2) is 23.2 Å². The molecule has 1 aliphatic carbocycles. The maximum Gasteiger partial charge on any atom is 0.167 e. The van der Waals surface area contributed by atoms with E-state index in [9.17, 15) is 19.7 Å². The van der Waals surface area contributed by atoms with E-state index in [1.54, 1.807) is 16.7 Å². The average molecular weight is 462 g/mol. The van der Waals surface area contributed by atoms with E-state index in [1.807, 2.05) is 0 Å². The number of imidazole rings is 1. The molecule has 4 N–H and O–H groups in total. The fraction of sp³-hybridized carbons (Fsp3) is 0.476. The summed E-state index contributed by atoms with van der Waals surface area (Å²) in [4.78, 5) is 13.8. The highest BCUT2D eigenvalue weighted by atomic mass is 32.2. The molecule has 2 aliphatic rings. The van der Waals surface area contributed by atoms with Gasteiger partial charge < -0.3 is 25.4 Å². The molecule has 0 radical (unpaired) electrons. The summed E-state index contributed by atoms with van der Waals surface area (Å²) in [5.74, 6) is 0.581. The SMILES string of the molecule is O[C@@H]1[C@H](O)[C@@H](CSc2ccc(F)cc2)O[C@H]1n1cnc2c(N[C@@H]3CCC[C@H]3O)ncnc21. The molecule has 3 heterocycles. The molecule has 0 spiro atoms. The Hall–Kier alpha value is -2.31. The van der Waals surface area contributed by atoms with Crippen molar-refractivity contribution in [1.82, 2.24) is 19.5 Å². The lowest BCUT2D eigenvalue weighted by Crippen LogP contribution is -2.32. The lowest BCUT2D eigenvalue weighted by atomic mass is 10.1. The van der Waals surface area contributed by atoms with Gasteiger partial charge in [-0.1, -0.05) is 0 Å². The summed E-state index contributed by atoms with van der Waals surface area (Å²) in [7, 11) is 0. The van der Waals surface area contributed by atoms with Crippen molar-refractivity contribution in [2.75, 3.05) is 11.1 Å². The van der Waals surface area contributed by atoms with Crippen LogP contribution >= 0.6 is 11.8 Å². The number of thioether (sulfide) groups is 1. The molecule has 1 saturated heterocycles. The molecule has 1 aliphatic heterocycles. The Bertz CT molecular complexity index is 1080. The van der Waals surface area contributed by atoms with Crippen LogP contribution in [0.5, 0.6) is 0 Å². The number of hydrogen-bond donors (Lipinski definition) is 4. The van der Waals surface area contributed by atoms with Crippen LogP contribution in [0.4, 0.5) is 10.2 Å². The van der Waals surface area contributed by atoms with Crippen LogP contribution in [0.3, 0.4) is 0 Å². The molecule has 2 aromatic heterocycles. The lowest BCUT2D eigenvalue weighted by Gasteiger charge is -2.18. The Morgan fingerprint density at radius 1 is 1.09 bits per heavy atom. The second-order valence-electron chi connectivity index (χ2n) is 8.11. The van der Waals surface area contributed by atoms with Gasteiger partial charge in [0.2, 0.25) is 0 Å². The van der Waals surface area contributed by atoms with Gasteiger partial charge >= 0.3 is 0 Å². The molecule has 11 heteroatoms. The minimum Gasteiger partial charge on any atom is -0.391 e. The number of benzene rings is 1. The number of halogens is 1. The highest BCUT2D eigenvalue weighted by Crippen LogP contribution is 2.35. The number of hydrogen-bond acceptors (Lipinski definition) is 9.